The van der Waals surface area contributed by atoms with E-state index >= 15 is 4.39 Å². The van der Waals surface area contributed by atoms with Gasteiger partial charge in [-0.2, -0.15) is 0 Å². The molecule has 5 rings (SSSR count). The molecule has 0 radical (unpaired) electrons. The van der Waals surface area contributed by atoms with Crippen molar-refractivity contribution < 1.29 is 9.18 Å². The summed E-state index contributed by atoms with van der Waals surface area (Å²) in [5.41, 5.74) is 14.2. The number of amides is 1. The number of carbonyl (C=O) groups is 1. The number of benzene rings is 4. The number of rotatable bonds is 8. The first-order valence-corrected chi connectivity index (χ1v) is 12.6. The van der Waals surface area contributed by atoms with Crippen LogP contribution in [-0.4, -0.2) is 10.5 Å². The van der Waals surface area contributed by atoms with Gasteiger partial charge in [0.25, 0.3) is 5.56 Å². The highest BCUT2D eigenvalue weighted by atomic mass is 35.5. The summed E-state index contributed by atoms with van der Waals surface area (Å²) < 4.78 is 17.4. The lowest BCUT2D eigenvalue weighted by molar-refractivity contribution is -0.124. The second kappa shape index (κ2) is 12.1. The first kappa shape index (κ1) is 28.5. The van der Waals surface area contributed by atoms with Crippen LogP contribution in [0.25, 0.3) is 11.3 Å². The topological polar surface area (TPSA) is 91.1 Å². The Balaban J connectivity index is 0.00000370. The second-order valence-corrected chi connectivity index (χ2v) is 9.50. The summed E-state index contributed by atoms with van der Waals surface area (Å²) in [4.78, 5) is 25.9. The zero-order valence-electron chi connectivity index (χ0n) is 21.6. The van der Waals surface area contributed by atoms with Gasteiger partial charge in [0, 0.05) is 17.5 Å². The highest BCUT2D eigenvalue weighted by molar-refractivity contribution is 5.88. The van der Waals surface area contributed by atoms with Gasteiger partial charge in [-0.05, 0) is 40.5 Å². The van der Waals surface area contributed by atoms with E-state index in [1.54, 1.807) is 24.3 Å². The highest BCUT2D eigenvalue weighted by Crippen LogP contribution is 2.41. The quantitative estimate of drug-likeness (QED) is 0.262. The van der Waals surface area contributed by atoms with Crippen LogP contribution in [0.2, 0.25) is 0 Å². The smallest absolute Gasteiger partial charge is 0.251 e. The number of nitrogens with zero attached hydrogens (tertiary/aromatic N) is 1. The minimum absolute atomic E-state index is 0. The molecule has 202 valence electrons. The summed E-state index contributed by atoms with van der Waals surface area (Å²) in [6, 6.07) is 37.3. The normalized spacial score (nSPS) is 12.4. The van der Waals surface area contributed by atoms with Crippen molar-refractivity contribution in [2.24, 2.45) is 11.5 Å². The van der Waals surface area contributed by atoms with Gasteiger partial charge in [-0.3, -0.25) is 9.59 Å². The van der Waals surface area contributed by atoms with Crippen molar-refractivity contribution >= 4 is 18.3 Å². The van der Waals surface area contributed by atoms with E-state index in [1.807, 2.05) is 91.0 Å². The summed E-state index contributed by atoms with van der Waals surface area (Å²) >= 11 is 0. The standard InChI is InChI=1S/C33H28FN3O2.ClH/c34-28-21-26(19-20-27(28)29-17-10-18-30(38)37(29)22-23-11-4-1-5-12-23)33(36,32(35)39)31(24-13-6-2-7-14-24)25-15-8-3-9-16-25;/h1-21,31H,22,36H2,(H2,35,39);1H/t33-;/m1./s1. The molecule has 1 aromatic heterocycles. The van der Waals surface area contributed by atoms with Crippen molar-refractivity contribution in [2.45, 2.75) is 18.0 Å². The number of hydrogen-bond acceptors (Lipinski definition) is 3. The molecule has 4 aromatic carbocycles. The van der Waals surface area contributed by atoms with E-state index in [2.05, 4.69) is 0 Å². The van der Waals surface area contributed by atoms with Crippen molar-refractivity contribution in [1.82, 2.24) is 4.57 Å². The fourth-order valence-corrected chi connectivity index (χ4v) is 5.13. The first-order valence-electron chi connectivity index (χ1n) is 12.6. The predicted molar refractivity (Wildman–Crippen MR) is 159 cm³/mol. The Morgan fingerprint density at radius 1 is 0.775 bits per heavy atom. The van der Waals surface area contributed by atoms with E-state index in [0.717, 1.165) is 16.7 Å². The number of aromatic nitrogens is 1. The average Bonchev–Trinajstić information content (AvgIpc) is 2.96. The number of carbonyl (C=O) groups excluding carboxylic acids is 1. The fourth-order valence-electron chi connectivity index (χ4n) is 5.13. The largest absolute Gasteiger partial charge is 0.368 e. The average molecular weight is 554 g/mol. The van der Waals surface area contributed by atoms with E-state index in [-0.39, 0.29) is 35.6 Å². The fraction of sp³-hybridized carbons (Fsp3) is 0.0909. The van der Waals surface area contributed by atoms with Crippen LogP contribution in [0.3, 0.4) is 0 Å². The Labute approximate surface area is 238 Å². The number of primary amides is 1. The van der Waals surface area contributed by atoms with E-state index < -0.39 is 23.2 Å². The van der Waals surface area contributed by atoms with Gasteiger partial charge < -0.3 is 16.0 Å². The van der Waals surface area contributed by atoms with Crippen molar-refractivity contribution in [3.8, 4) is 11.3 Å². The monoisotopic (exact) mass is 553 g/mol. The van der Waals surface area contributed by atoms with Crippen molar-refractivity contribution in [3.63, 3.8) is 0 Å². The predicted octanol–water partition coefficient (Wildman–Crippen LogP) is 5.60. The maximum absolute atomic E-state index is 15.9. The molecular formula is C33H29ClFN3O2. The van der Waals surface area contributed by atoms with Crippen LogP contribution in [0.1, 0.15) is 28.2 Å². The van der Waals surface area contributed by atoms with Crippen molar-refractivity contribution in [3.05, 3.63) is 166 Å². The third-order valence-electron chi connectivity index (χ3n) is 7.08. The van der Waals surface area contributed by atoms with Gasteiger partial charge in [-0.15, -0.1) is 12.4 Å². The molecule has 1 atom stereocenters. The lowest BCUT2D eigenvalue weighted by atomic mass is 9.71. The molecule has 5 nitrogen and oxygen atoms in total. The van der Waals surface area contributed by atoms with Crippen LogP contribution in [0.4, 0.5) is 4.39 Å². The van der Waals surface area contributed by atoms with Crippen LogP contribution >= 0.6 is 12.4 Å². The molecule has 0 saturated heterocycles. The van der Waals surface area contributed by atoms with Crippen LogP contribution in [0.5, 0.6) is 0 Å². The SMILES string of the molecule is Cl.NC(=O)[C@@](N)(c1ccc(-c2cccc(=O)n2Cc2ccccc2)c(F)c1)C(c1ccccc1)c1ccccc1. The van der Waals surface area contributed by atoms with Gasteiger partial charge in [0.15, 0.2) is 0 Å². The molecular weight excluding hydrogens is 525 g/mol. The maximum atomic E-state index is 15.9. The van der Waals surface area contributed by atoms with E-state index in [1.165, 1.54) is 16.7 Å². The molecule has 1 amide bonds. The summed E-state index contributed by atoms with van der Waals surface area (Å²) in [6.45, 7) is 0.281. The molecule has 0 saturated carbocycles. The summed E-state index contributed by atoms with van der Waals surface area (Å²) in [6.07, 6.45) is 0. The molecule has 0 aliphatic carbocycles. The Hall–Kier alpha value is -4.52. The van der Waals surface area contributed by atoms with E-state index in [9.17, 15) is 9.59 Å². The summed E-state index contributed by atoms with van der Waals surface area (Å²) in [5, 5.41) is 0. The molecule has 0 fully saturated rings. The van der Waals surface area contributed by atoms with Crippen LogP contribution in [-0.2, 0) is 16.9 Å². The van der Waals surface area contributed by atoms with Gasteiger partial charge in [0.05, 0.1) is 12.2 Å². The van der Waals surface area contributed by atoms with E-state index in [4.69, 9.17) is 11.5 Å². The van der Waals surface area contributed by atoms with Gasteiger partial charge in [0.1, 0.15) is 11.4 Å². The molecule has 40 heavy (non-hydrogen) atoms. The van der Waals surface area contributed by atoms with Crippen LogP contribution in [0.15, 0.2) is 132 Å². The Kier molecular flexibility index (Phi) is 8.63. The minimum atomic E-state index is -1.76. The number of nitrogens with two attached hydrogens (primary N) is 2. The Bertz CT molecular complexity index is 1620. The molecule has 0 unspecified atom stereocenters. The number of pyridine rings is 1. The van der Waals surface area contributed by atoms with E-state index in [0.29, 0.717) is 5.69 Å². The molecule has 1 heterocycles. The Morgan fingerprint density at radius 2 is 1.32 bits per heavy atom. The van der Waals surface area contributed by atoms with Crippen molar-refractivity contribution in [2.75, 3.05) is 0 Å². The molecule has 0 aliphatic rings. The third kappa shape index (κ3) is 5.45. The molecule has 7 heteroatoms. The summed E-state index contributed by atoms with van der Waals surface area (Å²) in [5.74, 6) is -2.07. The van der Waals surface area contributed by atoms with Gasteiger partial charge in [-0.1, -0.05) is 103 Å². The van der Waals surface area contributed by atoms with Gasteiger partial charge in [-0.25, -0.2) is 4.39 Å². The van der Waals surface area contributed by atoms with Crippen molar-refractivity contribution in [1.29, 1.82) is 0 Å². The van der Waals surface area contributed by atoms with Gasteiger partial charge >= 0.3 is 0 Å². The zero-order valence-corrected chi connectivity index (χ0v) is 22.4. The first-order chi connectivity index (χ1) is 18.9. The number of halogens is 2. The molecule has 0 spiro atoms. The van der Waals surface area contributed by atoms with Crippen LogP contribution < -0.4 is 17.0 Å². The minimum Gasteiger partial charge on any atom is -0.368 e. The maximum Gasteiger partial charge on any atom is 0.251 e. The lowest BCUT2D eigenvalue weighted by Crippen LogP contribution is -2.54. The Morgan fingerprint density at radius 3 is 1.85 bits per heavy atom. The molecule has 4 N–H and O–H groups in total. The number of hydrogen-bond donors (Lipinski definition) is 2. The molecule has 5 aromatic rings. The van der Waals surface area contributed by atoms with Crippen LogP contribution in [0, 0.1) is 5.82 Å². The molecule has 0 aliphatic heterocycles. The summed E-state index contributed by atoms with van der Waals surface area (Å²) in [7, 11) is 0. The zero-order chi connectivity index (χ0) is 27.4. The molecule has 0 bridgehead atoms. The second-order valence-electron chi connectivity index (χ2n) is 9.50. The van der Waals surface area contributed by atoms with Gasteiger partial charge in [0.2, 0.25) is 5.91 Å². The third-order valence-corrected chi connectivity index (χ3v) is 7.08. The lowest BCUT2D eigenvalue weighted by Gasteiger charge is -2.36. The highest BCUT2D eigenvalue weighted by Gasteiger charge is 2.44.